The fourth-order valence-corrected chi connectivity index (χ4v) is 5.81. The Bertz CT molecular complexity index is 1730. The van der Waals surface area contributed by atoms with E-state index in [1.165, 1.54) is 0 Å². The molecule has 3 aromatic rings. The number of anilines is 1. The highest BCUT2D eigenvalue weighted by Crippen LogP contribution is 2.33. The van der Waals surface area contributed by atoms with E-state index < -0.39 is 0 Å². The first-order chi connectivity index (χ1) is 19.8. The number of allylic oxidation sites excluding steroid dienone is 3. The highest BCUT2D eigenvalue weighted by atomic mass is 35.5. The van der Waals surface area contributed by atoms with E-state index in [0.717, 1.165) is 27.8 Å². The molecule has 2 aliphatic heterocycles. The monoisotopic (exact) mass is 574 g/mol. The molecule has 41 heavy (non-hydrogen) atoms. The molecule has 1 saturated heterocycles. The summed E-state index contributed by atoms with van der Waals surface area (Å²) in [7, 11) is 3.20. The summed E-state index contributed by atoms with van der Waals surface area (Å²) in [5.74, 6) is 1.75. The number of nitrogens with one attached hydrogen (secondary N) is 2. The van der Waals surface area contributed by atoms with Gasteiger partial charge in [-0.3, -0.25) is 9.20 Å². The lowest BCUT2D eigenvalue weighted by Crippen LogP contribution is -2.55. The Balaban J connectivity index is 1.28. The first-order valence-electron chi connectivity index (χ1n) is 13.4. The van der Waals surface area contributed by atoms with Gasteiger partial charge < -0.3 is 25.0 Å². The quantitative estimate of drug-likeness (QED) is 0.491. The average Bonchev–Trinajstić information content (AvgIpc) is 3.47. The number of fused-ring (bicyclic) bond motifs is 3. The van der Waals surface area contributed by atoms with E-state index in [1.807, 2.05) is 39.6 Å². The van der Waals surface area contributed by atoms with Gasteiger partial charge in [-0.2, -0.15) is 4.99 Å². The van der Waals surface area contributed by atoms with E-state index >= 15 is 0 Å². The molecular weight excluding hydrogens is 544 g/mol. The van der Waals surface area contributed by atoms with Crippen LogP contribution in [0.2, 0.25) is 0 Å². The van der Waals surface area contributed by atoms with Crippen LogP contribution in [0.4, 0.5) is 5.69 Å². The zero-order valence-corrected chi connectivity index (χ0v) is 24.1. The topological polar surface area (TPSA) is 118 Å². The number of piperazine rings is 1. The molecule has 0 bridgehead atoms. The van der Waals surface area contributed by atoms with Gasteiger partial charge in [-0.05, 0) is 49.8 Å². The number of rotatable bonds is 4. The number of methoxy groups -OCH3 is 2. The van der Waals surface area contributed by atoms with Crippen molar-refractivity contribution in [1.82, 2.24) is 24.8 Å². The number of carbonyl (C=O) groups excluding carboxylic acids is 1. The Morgan fingerprint density at radius 1 is 1.12 bits per heavy atom. The molecule has 1 amide bonds. The molecule has 0 saturated carbocycles. The number of halogens is 1. The van der Waals surface area contributed by atoms with Crippen molar-refractivity contribution in [1.29, 1.82) is 0 Å². The third-order valence-electron chi connectivity index (χ3n) is 7.40. The molecular formula is C29H31ClN8O3. The number of pyridine rings is 1. The molecule has 6 rings (SSSR count). The molecule has 12 heteroatoms. The lowest BCUT2D eigenvalue weighted by Gasteiger charge is -2.36. The number of amides is 1. The Kier molecular flexibility index (Phi) is 7.22. The van der Waals surface area contributed by atoms with Crippen LogP contribution in [0.25, 0.3) is 11.2 Å². The molecule has 1 aliphatic carbocycles. The fourth-order valence-electron chi connectivity index (χ4n) is 5.51. The molecule has 1 aromatic carbocycles. The molecule has 1 fully saturated rings. The molecule has 2 N–H and O–H groups in total. The van der Waals surface area contributed by atoms with Crippen molar-refractivity contribution in [3.05, 3.63) is 81.1 Å². The summed E-state index contributed by atoms with van der Waals surface area (Å²) in [6.45, 7) is 5.97. The highest BCUT2D eigenvalue weighted by molar-refractivity contribution is 6.36. The molecule has 0 spiro atoms. The van der Waals surface area contributed by atoms with Gasteiger partial charge in [0.1, 0.15) is 23.3 Å². The lowest BCUT2D eigenvalue weighted by atomic mass is 10.0. The molecule has 2 atom stereocenters. The Morgan fingerprint density at radius 3 is 2.59 bits per heavy atom. The number of hydrogen-bond acceptors (Lipinski definition) is 9. The maximum absolute atomic E-state index is 13.1. The fraction of sp³-hybridized carbons (Fsp3) is 0.345. The summed E-state index contributed by atoms with van der Waals surface area (Å²) in [5, 5.41) is 16.6. The molecule has 0 radical (unpaired) electrons. The number of aromatic nitrogens is 3. The van der Waals surface area contributed by atoms with Gasteiger partial charge >= 0.3 is 0 Å². The van der Waals surface area contributed by atoms with Crippen LogP contribution < -0.4 is 21.3 Å². The molecule has 212 valence electrons. The smallest absolute Gasteiger partial charge is 0.253 e. The molecule has 3 aliphatic rings. The van der Waals surface area contributed by atoms with Crippen LogP contribution in [-0.2, 0) is 16.0 Å². The van der Waals surface area contributed by atoms with Gasteiger partial charge in [-0.25, -0.2) is 4.99 Å². The van der Waals surface area contributed by atoms with Crippen molar-refractivity contribution in [2.24, 2.45) is 9.98 Å². The van der Waals surface area contributed by atoms with Crippen LogP contribution in [0.5, 0.6) is 0 Å². The first kappa shape index (κ1) is 27.0. The largest absolute Gasteiger partial charge is 0.501 e. The Hall–Kier alpha value is -4.22. The number of guanidine groups is 1. The predicted molar refractivity (Wildman–Crippen MR) is 156 cm³/mol. The van der Waals surface area contributed by atoms with Crippen molar-refractivity contribution in [2.45, 2.75) is 38.9 Å². The van der Waals surface area contributed by atoms with E-state index in [1.54, 1.807) is 26.6 Å². The van der Waals surface area contributed by atoms with Crippen molar-refractivity contribution < 1.29 is 14.3 Å². The molecule has 2 aromatic heterocycles. The van der Waals surface area contributed by atoms with Crippen LogP contribution in [-0.4, -0.2) is 70.8 Å². The van der Waals surface area contributed by atoms with Crippen LogP contribution in [0.1, 0.15) is 36.2 Å². The average molecular weight is 575 g/mol. The number of hydrogen-bond donors (Lipinski definition) is 2. The summed E-state index contributed by atoms with van der Waals surface area (Å²) >= 11 is 6.73. The van der Waals surface area contributed by atoms with E-state index in [-0.39, 0.29) is 18.0 Å². The van der Waals surface area contributed by atoms with Crippen LogP contribution in [0, 0.1) is 0 Å². The van der Waals surface area contributed by atoms with Crippen LogP contribution in [0.3, 0.4) is 0 Å². The van der Waals surface area contributed by atoms with Gasteiger partial charge in [-0.1, -0.05) is 11.6 Å². The third-order valence-corrected chi connectivity index (χ3v) is 7.81. The van der Waals surface area contributed by atoms with Gasteiger partial charge in [0.15, 0.2) is 5.65 Å². The SMILES string of the molecule is COC1=CC(OC)=C(Cl)C(=c2cc3c(n4cnnc24)=NC(Nc2ccc(C(=O)N4C[C@@H](C)N[C@@H](C)C4)cc2)=NC3)C1. The van der Waals surface area contributed by atoms with E-state index in [4.69, 9.17) is 26.1 Å². The minimum Gasteiger partial charge on any atom is -0.501 e. The summed E-state index contributed by atoms with van der Waals surface area (Å²) < 4.78 is 12.8. The van der Waals surface area contributed by atoms with Crippen molar-refractivity contribution in [3.63, 3.8) is 0 Å². The number of carbonyl (C=O) groups is 1. The summed E-state index contributed by atoms with van der Waals surface area (Å²) in [6.07, 6.45) is 3.91. The van der Waals surface area contributed by atoms with Gasteiger partial charge in [0.25, 0.3) is 5.91 Å². The second-order valence-corrected chi connectivity index (χ2v) is 10.8. The van der Waals surface area contributed by atoms with Crippen molar-refractivity contribution >= 4 is 40.4 Å². The Morgan fingerprint density at radius 2 is 1.88 bits per heavy atom. The number of nitrogens with zero attached hydrogens (tertiary/aromatic N) is 6. The van der Waals surface area contributed by atoms with Crippen molar-refractivity contribution in [3.8, 4) is 0 Å². The number of ether oxygens (including phenoxy) is 2. The first-order valence-corrected chi connectivity index (χ1v) is 13.8. The van der Waals surface area contributed by atoms with Crippen LogP contribution in [0.15, 0.2) is 69.3 Å². The summed E-state index contributed by atoms with van der Waals surface area (Å²) in [6, 6.07) is 9.94. The van der Waals surface area contributed by atoms with Crippen molar-refractivity contribution in [2.75, 3.05) is 32.6 Å². The predicted octanol–water partition coefficient (Wildman–Crippen LogP) is 2.33. The second kappa shape index (κ2) is 11.0. The third kappa shape index (κ3) is 5.18. The molecule has 4 heterocycles. The number of aliphatic imine (C=N–C) groups is 1. The molecule has 11 nitrogen and oxygen atoms in total. The lowest BCUT2D eigenvalue weighted by molar-refractivity contribution is 0.0674. The second-order valence-electron chi connectivity index (χ2n) is 10.4. The zero-order valence-electron chi connectivity index (χ0n) is 23.3. The zero-order chi connectivity index (χ0) is 28.7. The van der Waals surface area contributed by atoms with Crippen LogP contribution >= 0.6 is 11.6 Å². The standard InChI is InChI=1S/C29H31ClN8O3/c1-16-13-37(14-17(2)33-16)28(39)18-5-7-20(8-6-18)34-29-31-12-19-9-23(27-36-32-15-38(27)26(19)35-29)22-10-21(40-3)11-24(41-4)25(22)30/h5-9,11,15-17,33H,10,12-14H2,1-4H3,(H,31,34)/t16-,17+. The normalized spacial score (nSPS) is 22.0. The van der Waals surface area contributed by atoms with Gasteiger partial charge in [0.2, 0.25) is 5.96 Å². The van der Waals surface area contributed by atoms with E-state index in [9.17, 15) is 4.79 Å². The summed E-state index contributed by atoms with van der Waals surface area (Å²) in [5.41, 5.74) is 4.48. The highest BCUT2D eigenvalue weighted by Gasteiger charge is 2.26. The van der Waals surface area contributed by atoms with Gasteiger partial charge in [0, 0.05) is 59.7 Å². The number of benzene rings is 1. The van der Waals surface area contributed by atoms with Gasteiger partial charge in [0.05, 0.1) is 25.8 Å². The molecule has 0 unspecified atom stereocenters. The maximum Gasteiger partial charge on any atom is 0.253 e. The maximum atomic E-state index is 13.1. The van der Waals surface area contributed by atoms with E-state index in [0.29, 0.717) is 59.5 Å². The minimum absolute atomic E-state index is 0.0349. The van der Waals surface area contributed by atoms with Gasteiger partial charge in [-0.15, -0.1) is 10.2 Å². The van der Waals surface area contributed by atoms with E-state index in [2.05, 4.69) is 39.7 Å². The summed E-state index contributed by atoms with van der Waals surface area (Å²) in [4.78, 5) is 24.4. The Labute approximate surface area is 241 Å². The minimum atomic E-state index is 0.0349.